The van der Waals surface area contributed by atoms with Crippen LogP contribution in [0.4, 0.5) is 0 Å². The smallest absolute Gasteiger partial charge is 0.192 e. The number of hydrogen-bond donors (Lipinski definition) is 2. The van der Waals surface area contributed by atoms with Crippen molar-refractivity contribution in [2.75, 3.05) is 20.8 Å². The van der Waals surface area contributed by atoms with E-state index in [9.17, 15) is 0 Å². The van der Waals surface area contributed by atoms with E-state index in [0.717, 1.165) is 35.1 Å². The van der Waals surface area contributed by atoms with Crippen LogP contribution in [0.15, 0.2) is 33.8 Å². The molecule has 0 saturated heterocycles. The van der Waals surface area contributed by atoms with Gasteiger partial charge in [-0.25, -0.2) is 4.99 Å². The summed E-state index contributed by atoms with van der Waals surface area (Å²) in [6.45, 7) is 9.41. The lowest BCUT2D eigenvalue weighted by Gasteiger charge is -2.20. The topological polar surface area (TPSA) is 80.9 Å². The zero-order chi connectivity index (χ0) is 19.8. The van der Waals surface area contributed by atoms with Gasteiger partial charge in [0.05, 0.1) is 26.0 Å². The third-order valence-corrected chi connectivity index (χ3v) is 4.16. The number of guanidine groups is 1. The number of hydrogen-bond acceptors (Lipinski definition) is 5. The molecule has 148 valence electrons. The summed E-state index contributed by atoms with van der Waals surface area (Å²) in [5, 5.41) is 10.7. The van der Waals surface area contributed by atoms with Gasteiger partial charge in [-0.1, -0.05) is 19.0 Å². The molecule has 2 aromatic rings. The summed E-state index contributed by atoms with van der Waals surface area (Å²) >= 11 is 0. The predicted molar refractivity (Wildman–Crippen MR) is 107 cm³/mol. The van der Waals surface area contributed by atoms with Gasteiger partial charge >= 0.3 is 0 Å². The normalized spacial score (nSPS) is 12.8. The average molecular weight is 374 g/mol. The molecule has 0 bridgehead atoms. The van der Waals surface area contributed by atoms with Crippen LogP contribution in [-0.2, 0) is 6.54 Å². The molecule has 0 aliphatic carbocycles. The first-order valence-corrected chi connectivity index (χ1v) is 9.20. The Morgan fingerprint density at radius 1 is 1.19 bits per heavy atom. The molecule has 1 aromatic heterocycles. The number of benzene rings is 1. The second-order valence-corrected chi connectivity index (χ2v) is 6.54. The van der Waals surface area contributed by atoms with E-state index in [0.29, 0.717) is 18.4 Å². The Kier molecular flexibility index (Phi) is 7.52. The molecule has 7 heteroatoms. The molecular formula is C20H30N4O3. The first kappa shape index (κ1) is 20.6. The van der Waals surface area contributed by atoms with Crippen LogP contribution < -0.4 is 20.1 Å². The van der Waals surface area contributed by atoms with Crippen LogP contribution in [0, 0.1) is 0 Å². The fraction of sp³-hybridized carbons (Fsp3) is 0.500. The van der Waals surface area contributed by atoms with Crippen molar-refractivity contribution in [2.24, 2.45) is 4.99 Å². The lowest BCUT2D eigenvalue weighted by Crippen LogP contribution is -2.38. The first-order valence-electron chi connectivity index (χ1n) is 9.20. The fourth-order valence-corrected chi connectivity index (χ4v) is 2.61. The van der Waals surface area contributed by atoms with Crippen LogP contribution in [0.2, 0.25) is 0 Å². The molecule has 0 radical (unpaired) electrons. The van der Waals surface area contributed by atoms with Gasteiger partial charge in [0, 0.05) is 18.2 Å². The van der Waals surface area contributed by atoms with E-state index < -0.39 is 0 Å². The van der Waals surface area contributed by atoms with Crippen LogP contribution in [0.1, 0.15) is 56.7 Å². The zero-order valence-corrected chi connectivity index (χ0v) is 17.0. The largest absolute Gasteiger partial charge is 0.497 e. The molecule has 0 spiro atoms. The summed E-state index contributed by atoms with van der Waals surface area (Å²) in [4.78, 5) is 4.61. The zero-order valence-electron chi connectivity index (χ0n) is 17.0. The van der Waals surface area contributed by atoms with Gasteiger partial charge in [0.1, 0.15) is 18.0 Å². The molecule has 1 unspecified atom stereocenters. The van der Waals surface area contributed by atoms with Crippen LogP contribution >= 0.6 is 0 Å². The van der Waals surface area contributed by atoms with Crippen molar-refractivity contribution in [3.8, 4) is 11.5 Å². The molecule has 1 aromatic carbocycles. The van der Waals surface area contributed by atoms with Gasteiger partial charge in [0.2, 0.25) is 0 Å². The summed E-state index contributed by atoms with van der Waals surface area (Å²) in [6.07, 6.45) is 0. The van der Waals surface area contributed by atoms with Gasteiger partial charge in [-0.2, -0.15) is 0 Å². The predicted octanol–water partition coefficient (Wildman–Crippen LogP) is 3.63. The number of rotatable bonds is 8. The number of aromatic nitrogens is 1. The van der Waals surface area contributed by atoms with Crippen LogP contribution in [-0.4, -0.2) is 31.9 Å². The SMILES string of the molecule is CCNC(=NCc1cc(C(C)C)no1)NC(C)c1cc(OC)ccc1OC. The van der Waals surface area contributed by atoms with Gasteiger partial charge < -0.3 is 24.6 Å². The van der Waals surface area contributed by atoms with Crippen molar-refractivity contribution >= 4 is 5.96 Å². The first-order chi connectivity index (χ1) is 13.0. The van der Waals surface area contributed by atoms with Gasteiger partial charge in [-0.3, -0.25) is 0 Å². The minimum Gasteiger partial charge on any atom is -0.497 e. The molecule has 7 nitrogen and oxygen atoms in total. The maximum atomic E-state index is 5.48. The molecule has 1 heterocycles. The third kappa shape index (κ3) is 5.64. The average Bonchev–Trinajstić information content (AvgIpc) is 3.15. The standard InChI is InChI=1S/C20H30N4O3/c1-7-21-20(22-12-16-11-18(13(2)3)24-27-16)23-14(4)17-10-15(25-5)8-9-19(17)26-6/h8-11,13-14H,7,12H2,1-6H3,(H2,21,22,23). The van der Waals surface area contributed by atoms with Crippen LogP contribution in [0.5, 0.6) is 11.5 Å². The minimum absolute atomic E-state index is 0.0335. The van der Waals surface area contributed by atoms with Crippen molar-refractivity contribution in [1.29, 1.82) is 0 Å². The highest BCUT2D eigenvalue weighted by Gasteiger charge is 2.15. The van der Waals surface area contributed by atoms with Crippen molar-refractivity contribution in [2.45, 2.75) is 46.2 Å². The molecule has 2 rings (SSSR count). The van der Waals surface area contributed by atoms with E-state index in [1.807, 2.05) is 31.2 Å². The molecule has 0 amide bonds. The number of methoxy groups -OCH3 is 2. The van der Waals surface area contributed by atoms with Crippen molar-refractivity contribution in [3.63, 3.8) is 0 Å². The Morgan fingerprint density at radius 3 is 2.56 bits per heavy atom. The molecule has 2 N–H and O–H groups in total. The van der Waals surface area contributed by atoms with E-state index in [2.05, 4.69) is 41.6 Å². The van der Waals surface area contributed by atoms with Gasteiger partial charge in [-0.15, -0.1) is 0 Å². The summed E-state index contributed by atoms with van der Waals surface area (Å²) in [7, 11) is 3.31. The minimum atomic E-state index is -0.0335. The molecule has 0 saturated carbocycles. The molecule has 0 aliphatic rings. The lowest BCUT2D eigenvalue weighted by atomic mass is 10.1. The second-order valence-electron chi connectivity index (χ2n) is 6.54. The highest BCUT2D eigenvalue weighted by Crippen LogP contribution is 2.29. The summed E-state index contributed by atoms with van der Waals surface area (Å²) in [6, 6.07) is 7.66. The van der Waals surface area contributed by atoms with Crippen LogP contribution in [0.3, 0.4) is 0 Å². The Balaban J connectivity index is 2.14. The Hall–Kier alpha value is -2.70. The molecular weight excluding hydrogens is 344 g/mol. The lowest BCUT2D eigenvalue weighted by molar-refractivity contribution is 0.376. The third-order valence-electron chi connectivity index (χ3n) is 4.16. The summed E-state index contributed by atoms with van der Waals surface area (Å²) in [5.74, 6) is 3.34. The van der Waals surface area contributed by atoms with E-state index in [1.165, 1.54) is 0 Å². The molecule has 0 aliphatic heterocycles. The maximum absolute atomic E-state index is 5.48. The number of ether oxygens (including phenoxy) is 2. The molecule has 27 heavy (non-hydrogen) atoms. The molecule has 0 fully saturated rings. The number of aliphatic imine (C=N–C) groups is 1. The quantitative estimate of drug-likeness (QED) is 0.542. The second kappa shape index (κ2) is 9.85. The molecule has 1 atom stereocenters. The van der Waals surface area contributed by atoms with E-state index >= 15 is 0 Å². The summed E-state index contributed by atoms with van der Waals surface area (Å²) in [5.41, 5.74) is 1.93. The maximum Gasteiger partial charge on any atom is 0.192 e. The van der Waals surface area contributed by atoms with E-state index in [4.69, 9.17) is 14.0 Å². The highest BCUT2D eigenvalue weighted by atomic mass is 16.5. The van der Waals surface area contributed by atoms with Gasteiger partial charge in [-0.05, 0) is 38.0 Å². The Labute approximate surface area is 161 Å². The van der Waals surface area contributed by atoms with Crippen LogP contribution in [0.25, 0.3) is 0 Å². The number of nitrogens with one attached hydrogen (secondary N) is 2. The summed E-state index contributed by atoms with van der Waals surface area (Å²) < 4.78 is 16.2. The van der Waals surface area contributed by atoms with Gasteiger partial charge in [0.25, 0.3) is 0 Å². The van der Waals surface area contributed by atoms with Gasteiger partial charge in [0.15, 0.2) is 11.7 Å². The monoisotopic (exact) mass is 374 g/mol. The van der Waals surface area contributed by atoms with E-state index in [1.54, 1.807) is 14.2 Å². The fourth-order valence-electron chi connectivity index (χ4n) is 2.61. The van der Waals surface area contributed by atoms with Crippen molar-refractivity contribution in [1.82, 2.24) is 15.8 Å². The Morgan fingerprint density at radius 2 is 1.96 bits per heavy atom. The number of nitrogens with zero attached hydrogens (tertiary/aromatic N) is 2. The highest BCUT2D eigenvalue weighted by molar-refractivity contribution is 5.80. The van der Waals surface area contributed by atoms with Crippen molar-refractivity contribution < 1.29 is 14.0 Å². The van der Waals surface area contributed by atoms with Crippen molar-refractivity contribution in [3.05, 3.63) is 41.3 Å². The van der Waals surface area contributed by atoms with E-state index in [-0.39, 0.29) is 6.04 Å². The Bertz CT molecular complexity index is 755.